The normalized spacial score (nSPS) is 13.6. The Hall–Kier alpha value is -1.74. The van der Waals surface area contributed by atoms with E-state index in [4.69, 9.17) is 10.3 Å². The summed E-state index contributed by atoms with van der Waals surface area (Å²) in [6, 6.07) is -0.601. The minimum absolute atomic E-state index is 0.0196. The standard InChI is InChI=1S/C10H15N5O3S/c1-15-5-4-12-9(15)8-13-10(18-14-8)7(11)3-6-19(2,16)17/h4-5,7H,3,6,11H2,1-2H3. The van der Waals surface area contributed by atoms with Gasteiger partial charge < -0.3 is 14.8 Å². The molecule has 104 valence electrons. The van der Waals surface area contributed by atoms with E-state index in [9.17, 15) is 8.42 Å². The number of hydrogen-bond acceptors (Lipinski definition) is 7. The maximum absolute atomic E-state index is 11.1. The Balaban J connectivity index is 2.11. The third-order valence-electron chi connectivity index (χ3n) is 2.58. The number of nitrogens with zero attached hydrogens (tertiary/aromatic N) is 4. The Morgan fingerprint density at radius 1 is 1.53 bits per heavy atom. The van der Waals surface area contributed by atoms with E-state index in [2.05, 4.69) is 15.1 Å². The molecule has 2 N–H and O–H groups in total. The topological polar surface area (TPSA) is 117 Å². The lowest BCUT2D eigenvalue weighted by Gasteiger charge is -2.04. The fourth-order valence-corrected chi connectivity index (χ4v) is 2.20. The van der Waals surface area contributed by atoms with Crippen LogP contribution in [0.2, 0.25) is 0 Å². The summed E-state index contributed by atoms with van der Waals surface area (Å²) in [6.45, 7) is 0. The van der Waals surface area contributed by atoms with E-state index in [0.717, 1.165) is 6.26 Å². The van der Waals surface area contributed by atoms with Crippen LogP contribution in [0.1, 0.15) is 18.4 Å². The van der Waals surface area contributed by atoms with Gasteiger partial charge in [0.25, 0.3) is 0 Å². The molecule has 0 spiro atoms. The SMILES string of the molecule is Cn1ccnc1-c1noc(C(N)CCS(C)(=O)=O)n1. The van der Waals surface area contributed by atoms with Gasteiger partial charge in [-0.1, -0.05) is 5.16 Å². The number of imidazole rings is 1. The summed E-state index contributed by atoms with van der Waals surface area (Å²) in [7, 11) is -1.25. The quantitative estimate of drug-likeness (QED) is 0.815. The van der Waals surface area contributed by atoms with Gasteiger partial charge in [-0.05, 0) is 6.42 Å². The molecule has 2 aromatic rings. The van der Waals surface area contributed by atoms with E-state index in [-0.39, 0.29) is 18.1 Å². The van der Waals surface area contributed by atoms with Gasteiger partial charge in [-0.2, -0.15) is 4.98 Å². The minimum Gasteiger partial charge on any atom is -0.337 e. The van der Waals surface area contributed by atoms with Gasteiger partial charge in [0.15, 0.2) is 5.82 Å². The van der Waals surface area contributed by atoms with Crippen LogP contribution in [0.4, 0.5) is 0 Å². The zero-order chi connectivity index (χ0) is 14.0. The van der Waals surface area contributed by atoms with Crippen molar-refractivity contribution >= 4 is 9.84 Å². The van der Waals surface area contributed by atoms with Crippen molar-refractivity contribution in [2.24, 2.45) is 12.8 Å². The predicted octanol–water partition coefficient (Wildman–Crippen LogP) is -0.0954. The zero-order valence-corrected chi connectivity index (χ0v) is 11.5. The molecule has 1 unspecified atom stereocenters. The lowest BCUT2D eigenvalue weighted by Crippen LogP contribution is -2.16. The average Bonchev–Trinajstić information content (AvgIpc) is 2.93. The van der Waals surface area contributed by atoms with E-state index in [1.165, 1.54) is 0 Å². The maximum atomic E-state index is 11.1. The van der Waals surface area contributed by atoms with E-state index in [1.54, 1.807) is 17.0 Å². The molecule has 0 saturated heterocycles. The van der Waals surface area contributed by atoms with Crippen molar-refractivity contribution in [1.82, 2.24) is 19.7 Å². The van der Waals surface area contributed by atoms with Crippen molar-refractivity contribution < 1.29 is 12.9 Å². The van der Waals surface area contributed by atoms with Crippen molar-refractivity contribution in [3.8, 4) is 11.6 Å². The highest BCUT2D eigenvalue weighted by Gasteiger charge is 2.19. The molecule has 0 amide bonds. The lowest BCUT2D eigenvalue weighted by molar-refractivity contribution is 0.352. The van der Waals surface area contributed by atoms with Gasteiger partial charge in [-0.25, -0.2) is 13.4 Å². The number of aromatic nitrogens is 4. The summed E-state index contributed by atoms with van der Waals surface area (Å²) in [5, 5.41) is 3.79. The lowest BCUT2D eigenvalue weighted by atomic mass is 10.2. The first kappa shape index (κ1) is 13.7. The first-order valence-electron chi connectivity index (χ1n) is 5.61. The van der Waals surface area contributed by atoms with Gasteiger partial charge in [0.2, 0.25) is 11.7 Å². The van der Waals surface area contributed by atoms with Crippen molar-refractivity contribution in [2.45, 2.75) is 12.5 Å². The molecule has 0 fully saturated rings. The molecule has 0 radical (unpaired) electrons. The molecule has 2 heterocycles. The van der Waals surface area contributed by atoms with Crippen molar-refractivity contribution in [2.75, 3.05) is 12.0 Å². The molecule has 1 atom stereocenters. The third kappa shape index (κ3) is 3.38. The molecule has 0 aliphatic rings. The van der Waals surface area contributed by atoms with E-state index >= 15 is 0 Å². The summed E-state index contributed by atoms with van der Waals surface area (Å²) >= 11 is 0. The van der Waals surface area contributed by atoms with Gasteiger partial charge >= 0.3 is 0 Å². The summed E-state index contributed by atoms with van der Waals surface area (Å²) in [5.74, 6) is 1.08. The highest BCUT2D eigenvalue weighted by atomic mass is 32.2. The Kier molecular flexibility index (Phi) is 3.67. The van der Waals surface area contributed by atoms with Gasteiger partial charge in [0.05, 0.1) is 11.8 Å². The summed E-state index contributed by atoms with van der Waals surface area (Å²) in [4.78, 5) is 8.22. The zero-order valence-electron chi connectivity index (χ0n) is 10.6. The van der Waals surface area contributed by atoms with E-state index < -0.39 is 15.9 Å². The minimum atomic E-state index is -3.06. The van der Waals surface area contributed by atoms with E-state index in [1.807, 2.05) is 7.05 Å². The number of rotatable bonds is 5. The highest BCUT2D eigenvalue weighted by Crippen LogP contribution is 2.17. The van der Waals surface area contributed by atoms with Crippen LogP contribution in [0.25, 0.3) is 11.6 Å². The molecule has 2 aromatic heterocycles. The van der Waals surface area contributed by atoms with Crippen LogP contribution in [0.5, 0.6) is 0 Å². The van der Waals surface area contributed by atoms with Crippen LogP contribution >= 0.6 is 0 Å². The summed E-state index contributed by atoms with van der Waals surface area (Å²) in [6.07, 6.45) is 4.78. The molecular formula is C10H15N5O3S. The second-order valence-electron chi connectivity index (χ2n) is 4.34. The van der Waals surface area contributed by atoms with Crippen LogP contribution in [0.3, 0.4) is 0 Å². The van der Waals surface area contributed by atoms with Crippen molar-refractivity contribution in [3.05, 3.63) is 18.3 Å². The molecule has 8 nitrogen and oxygen atoms in total. The van der Waals surface area contributed by atoms with Gasteiger partial charge in [-0.15, -0.1) is 0 Å². The monoisotopic (exact) mass is 285 g/mol. The van der Waals surface area contributed by atoms with E-state index in [0.29, 0.717) is 11.6 Å². The van der Waals surface area contributed by atoms with Gasteiger partial charge in [0.1, 0.15) is 9.84 Å². The smallest absolute Gasteiger partial charge is 0.244 e. The number of nitrogens with two attached hydrogens (primary N) is 1. The second-order valence-corrected chi connectivity index (χ2v) is 6.60. The Bertz CT molecular complexity index is 660. The number of hydrogen-bond donors (Lipinski definition) is 1. The largest absolute Gasteiger partial charge is 0.337 e. The molecule has 0 saturated carbocycles. The van der Waals surface area contributed by atoms with Crippen LogP contribution in [-0.4, -0.2) is 40.1 Å². The molecule has 0 aromatic carbocycles. The molecule has 0 aliphatic carbocycles. The first-order chi connectivity index (χ1) is 8.87. The van der Waals surface area contributed by atoms with Crippen molar-refractivity contribution in [3.63, 3.8) is 0 Å². The number of aryl methyl sites for hydroxylation is 1. The Morgan fingerprint density at radius 2 is 2.26 bits per heavy atom. The highest BCUT2D eigenvalue weighted by molar-refractivity contribution is 7.90. The van der Waals surface area contributed by atoms with Crippen LogP contribution < -0.4 is 5.73 Å². The molecular weight excluding hydrogens is 270 g/mol. The summed E-state index contributed by atoms with van der Waals surface area (Å²) in [5.41, 5.74) is 5.82. The fraction of sp³-hybridized carbons (Fsp3) is 0.500. The number of sulfone groups is 1. The third-order valence-corrected chi connectivity index (χ3v) is 3.56. The fourth-order valence-electron chi connectivity index (χ4n) is 1.52. The van der Waals surface area contributed by atoms with Crippen molar-refractivity contribution in [1.29, 1.82) is 0 Å². The average molecular weight is 285 g/mol. The molecule has 2 rings (SSSR count). The Morgan fingerprint density at radius 3 is 2.84 bits per heavy atom. The van der Waals surface area contributed by atoms with Crippen LogP contribution in [0, 0.1) is 0 Å². The second kappa shape index (κ2) is 5.10. The molecule has 0 aliphatic heterocycles. The van der Waals surface area contributed by atoms with Gasteiger partial charge in [0, 0.05) is 25.7 Å². The predicted molar refractivity (Wildman–Crippen MR) is 67.8 cm³/mol. The Labute approximate surface area is 110 Å². The summed E-state index contributed by atoms with van der Waals surface area (Å²) < 4.78 is 28.9. The molecule has 9 heteroatoms. The van der Waals surface area contributed by atoms with Crippen LogP contribution in [0.15, 0.2) is 16.9 Å². The maximum Gasteiger partial charge on any atom is 0.244 e. The molecule has 19 heavy (non-hydrogen) atoms. The first-order valence-corrected chi connectivity index (χ1v) is 7.67. The van der Waals surface area contributed by atoms with Crippen LogP contribution in [-0.2, 0) is 16.9 Å². The molecule has 0 bridgehead atoms. The van der Waals surface area contributed by atoms with Gasteiger partial charge in [-0.3, -0.25) is 0 Å².